The average Bonchev–Trinajstić information content (AvgIpc) is 2.85. The van der Waals surface area contributed by atoms with Crippen molar-refractivity contribution in [1.82, 2.24) is 10.2 Å². The summed E-state index contributed by atoms with van der Waals surface area (Å²) >= 11 is 0. The number of benzene rings is 1. The molecule has 2 aliphatic heterocycles. The maximum absolute atomic E-state index is 12.2. The SMILES string of the molecule is O=C(CN1C(=O)c2ccccc2C1=O)NCCC[NH+]1CCCCC1. The minimum absolute atomic E-state index is 0.205. The molecule has 3 amide bonds. The molecule has 1 aromatic carbocycles. The first kappa shape index (κ1) is 16.6. The number of imide groups is 1. The first-order chi connectivity index (χ1) is 11.7. The monoisotopic (exact) mass is 330 g/mol. The summed E-state index contributed by atoms with van der Waals surface area (Å²) in [5, 5.41) is 2.82. The van der Waals surface area contributed by atoms with E-state index in [1.807, 2.05) is 0 Å². The van der Waals surface area contributed by atoms with Crippen molar-refractivity contribution in [3.63, 3.8) is 0 Å². The molecule has 2 N–H and O–H groups in total. The molecule has 1 aromatic rings. The third-order valence-corrected chi connectivity index (χ3v) is 4.77. The molecule has 0 saturated carbocycles. The van der Waals surface area contributed by atoms with Crippen molar-refractivity contribution in [1.29, 1.82) is 0 Å². The number of carbonyl (C=O) groups is 3. The van der Waals surface area contributed by atoms with Gasteiger partial charge in [-0.15, -0.1) is 0 Å². The molecule has 0 unspecified atom stereocenters. The van der Waals surface area contributed by atoms with Crippen molar-refractivity contribution in [3.8, 4) is 0 Å². The lowest BCUT2D eigenvalue weighted by Crippen LogP contribution is -3.12. The molecule has 0 radical (unpaired) electrons. The quantitative estimate of drug-likeness (QED) is 0.563. The lowest BCUT2D eigenvalue weighted by Gasteiger charge is -2.23. The molecule has 3 rings (SSSR count). The van der Waals surface area contributed by atoms with Gasteiger partial charge < -0.3 is 10.2 Å². The molecule has 0 spiro atoms. The van der Waals surface area contributed by atoms with Gasteiger partial charge in [-0.2, -0.15) is 0 Å². The number of hydrogen-bond acceptors (Lipinski definition) is 3. The van der Waals surface area contributed by atoms with Crippen LogP contribution in [-0.2, 0) is 4.79 Å². The summed E-state index contributed by atoms with van der Waals surface area (Å²) in [4.78, 5) is 39.1. The van der Waals surface area contributed by atoms with Crippen LogP contribution in [0.5, 0.6) is 0 Å². The fraction of sp³-hybridized carbons (Fsp3) is 0.500. The normalized spacial score (nSPS) is 17.9. The minimum atomic E-state index is -0.386. The van der Waals surface area contributed by atoms with Crippen LogP contribution in [0.3, 0.4) is 0 Å². The summed E-state index contributed by atoms with van der Waals surface area (Å²) in [7, 11) is 0. The van der Waals surface area contributed by atoms with Gasteiger partial charge in [-0.25, -0.2) is 0 Å². The van der Waals surface area contributed by atoms with Crippen LogP contribution in [0, 0.1) is 0 Å². The molecular weight excluding hydrogens is 306 g/mol. The Balaban J connectivity index is 1.42. The molecule has 24 heavy (non-hydrogen) atoms. The Morgan fingerprint density at radius 1 is 1.04 bits per heavy atom. The lowest BCUT2D eigenvalue weighted by molar-refractivity contribution is -0.904. The third kappa shape index (κ3) is 3.64. The summed E-state index contributed by atoms with van der Waals surface area (Å²) in [6, 6.07) is 6.68. The number of quaternary nitrogens is 1. The Labute approximate surface area is 141 Å². The summed E-state index contributed by atoms with van der Waals surface area (Å²) < 4.78 is 0. The molecule has 0 bridgehead atoms. The third-order valence-electron chi connectivity index (χ3n) is 4.77. The Hall–Kier alpha value is -2.21. The number of fused-ring (bicyclic) bond motifs is 1. The van der Waals surface area contributed by atoms with E-state index in [0.717, 1.165) is 17.9 Å². The highest BCUT2D eigenvalue weighted by Crippen LogP contribution is 2.21. The maximum Gasteiger partial charge on any atom is 0.262 e. The van der Waals surface area contributed by atoms with Gasteiger partial charge in [0.25, 0.3) is 11.8 Å². The van der Waals surface area contributed by atoms with Gasteiger partial charge in [0.1, 0.15) is 6.54 Å². The topological polar surface area (TPSA) is 70.9 Å². The Kier molecular flexibility index (Phi) is 5.25. The molecule has 1 fully saturated rings. The van der Waals surface area contributed by atoms with E-state index >= 15 is 0 Å². The van der Waals surface area contributed by atoms with Crippen LogP contribution < -0.4 is 10.2 Å². The molecule has 6 nitrogen and oxygen atoms in total. The molecule has 2 heterocycles. The summed E-state index contributed by atoms with van der Waals surface area (Å²) in [5.74, 6) is -1.05. The van der Waals surface area contributed by atoms with Crippen LogP contribution in [0.2, 0.25) is 0 Å². The zero-order valence-corrected chi connectivity index (χ0v) is 13.8. The van der Waals surface area contributed by atoms with Crippen molar-refractivity contribution in [2.24, 2.45) is 0 Å². The van der Waals surface area contributed by atoms with Crippen LogP contribution in [0.1, 0.15) is 46.4 Å². The number of rotatable bonds is 6. The van der Waals surface area contributed by atoms with Gasteiger partial charge in [-0.1, -0.05) is 12.1 Å². The second-order valence-corrected chi connectivity index (χ2v) is 6.51. The highest BCUT2D eigenvalue weighted by molar-refractivity contribution is 6.22. The second kappa shape index (κ2) is 7.57. The molecule has 1 saturated heterocycles. The summed E-state index contributed by atoms with van der Waals surface area (Å²) in [6.07, 6.45) is 4.84. The number of hydrogen-bond donors (Lipinski definition) is 2. The average molecular weight is 330 g/mol. The fourth-order valence-electron chi connectivity index (χ4n) is 3.45. The van der Waals surface area contributed by atoms with E-state index in [1.165, 1.54) is 32.4 Å². The van der Waals surface area contributed by atoms with Gasteiger partial charge in [0.05, 0.1) is 30.8 Å². The molecule has 2 aliphatic rings. The van der Waals surface area contributed by atoms with Gasteiger partial charge in [0.2, 0.25) is 5.91 Å². The first-order valence-electron chi connectivity index (χ1n) is 8.72. The smallest absolute Gasteiger partial charge is 0.262 e. The first-order valence-corrected chi connectivity index (χ1v) is 8.72. The van der Waals surface area contributed by atoms with Crippen LogP contribution in [-0.4, -0.2) is 55.3 Å². The zero-order chi connectivity index (χ0) is 16.9. The summed E-state index contributed by atoms with van der Waals surface area (Å²) in [6.45, 7) is 3.90. The maximum atomic E-state index is 12.2. The van der Waals surface area contributed by atoms with Crippen molar-refractivity contribution in [2.75, 3.05) is 32.7 Å². The number of nitrogens with one attached hydrogen (secondary N) is 2. The molecule has 0 atom stereocenters. The van der Waals surface area contributed by atoms with Gasteiger partial charge in [-0.05, 0) is 31.4 Å². The zero-order valence-electron chi connectivity index (χ0n) is 13.8. The Bertz CT molecular complexity index is 603. The summed E-state index contributed by atoms with van der Waals surface area (Å²) in [5.41, 5.74) is 0.757. The molecule has 128 valence electrons. The number of nitrogens with zero attached hydrogens (tertiary/aromatic N) is 1. The van der Waals surface area contributed by atoms with E-state index < -0.39 is 0 Å². The van der Waals surface area contributed by atoms with Crippen LogP contribution in [0.25, 0.3) is 0 Å². The number of likely N-dealkylation sites (tertiary alicyclic amines) is 1. The molecule has 0 aliphatic carbocycles. The highest BCUT2D eigenvalue weighted by atomic mass is 16.2. The Morgan fingerprint density at radius 3 is 2.29 bits per heavy atom. The largest absolute Gasteiger partial charge is 0.354 e. The number of piperidine rings is 1. The predicted molar refractivity (Wildman–Crippen MR) is 88.9 cm³/mol. The van der Waals surface area contributed by atoms with Crippen molar-refractivity contribution in [3.05, 3.63) is 35.4 Å². The van der Waals surface area contributed by atoms with Gasteiger partial charge in [-0.3, -0.25) is 19.3 Å². The van der Waals surface area contributed by atoms with Crippen molar-refractivity contribution < 1.29 is 19.3 Å². The minimum Gasteiger partial charge on any atom is -0.354 e. The predicted octanol–water partition coefficient (Wildman–Crippen LogP) is -0.142. The highest BCUT2D eigenvalue weighted by Gasteiger charge is 2.36. The van der Waals surface area contributed by atoms with E-state index in [9.17, 15) is 14.4 Å². The fourth-order valence-corrected chi connectivity index (χ4v) is 3.45. The number of amides is 3. The van der Waals surface area contributed by atoms with Crippen molar-refractivity contribution >= 4 is 17.7 Å². The van der Waals surface area contributed by atoms with Crippen LogP contribution in [0.4, 0.5) is 0 Å². The van der Waals surface area contributed by atoms with Gasteiger partial charge >= 0.3 is 0 Å². The second-order valence-electron chi connectivity index (χ2n) is 6.51. The number of carbonyl (C=O) groups excluding carboxylic acids is 3. The lowest BCUT2D eigenvalue weighted by atomic mass is 10.1. The standard InChI is InChI=1S/C18H23N3O3/c22-16(19-9-6-12-20-10-4-1-5-11-20)13-21-17(23)14-7-2-3-8-15(14)18(21)24/h2-3,7-8H,1,4-6,9-13H2,(H,19,22)/p+1. The van der Waals surface area contributed by atoms with Gasteiger partial charge in [0, 0.05) is 13.0 Å². The van der Waals surface area contributed by atoms with Crippen molar-refractivity contribution in [2.45, 2.75) is 25.7 Å². The van der Waals surface area contributed by atoms with Crippen LogP contribution >= 0.6 is 0 Å². The molecule has 6 heteroatoms. The van der Waals surface area contributed by atoms with E-state index in [4.69, 9.17) is 0 Å². The molecular formula is C18H24N3O3+. The van der Waals surface area contributed by atoms with E-state index in [-0.39, 0.29) is 24.3 Å². The van der Waals surface area contributed by atoms with Crippen LogP contribution in [0.15, 0.2) is 24.3 Å². The van der Waals surface area contributed by atoms with Gasteiger partial charge in [0.15, 0.2) is 0 Å². The van der Waals surface area contributed by atoms with E-state index in [0.29, 0.717) is 17.7 Å². The van der Waals surface area contributed by atoms with E-state index in [1.54, 1.807) is 29.2 Å². The Morgan fingerprint density at radius 2 is 1.67 bits per heavy atom. The van der Waals surface area contributed by atoms with E-state index in [2.05, 4.69) is 5.32 Å². The molecule has 0 aromatic heterocycles.